The Morgan fingerprint density at radius 1 is 1.38 bits per heavy atom. The molecule has 0 saturated carbocycles. The monoisotopic (exact) mass is 445 g/mol. The molecule has 24 heavy (non-hydrogen) atoms. The predicted molar refractivity (Wildman–Crippen MR) is 108 cm³/mol. The lowest BCUT2D eigenvalue weighted by atomic mass is 10.2. The number of furan rings is 1. The van der Waals surface area contributed by atoms with Crippen LogP contribution in [0.25, 0.3) is 0 Å². The normalized spacial score (nSPS) is 12.6. The van der Waals surface area contributed by atoms with Crippen LogP contribution in [-0.4, -0.2) is 35.9 Å². The van der Waals surface area contributed by atoms with E-state index in [1.54, 1.807) is 13.3 Å². The molecule has 0 aliphatic rings. The van der Waals surface area contributed by atoms with Gasteiger partial charge < -0.3 is 15.1 Å². The molecule has 0 bridgehead atoms. The van der Waals surface area contributed by atoms with Crippen LogP contribution in [0.3, 0.4) is 0 Å². The summed E-state index contributed by atoms with van der Waals surface area (Å²) in [6.07, 6.45) is 2.54. The maximum absolute atomic E-state index is 5.32. The van der Waals surface area contributed by atoms with Gasteiger partial charge in [-0.2, -0.15) is 5.10 Å². The van der Waals surface area contributed by atoms with E-state index in [1.165, 1.54) is 5.69 Å². The van der Waals surface area contributed by atoms with Gasteiger partial charge in [0, 0.05) is 38.8 Å². The summed E-state index contributed by atoms with van der Waals surface area (Å²) in [5.41, 5.74) is 2.27. The third-order valence-electron chi connectivity index (χ3n) is 3.67. The number of aliphatic imine (C=N–C) groups is 1. The molecule has 2 heterocycles. The molecule has 7 heteroatoms. The number of rotatable bonds is 7. The summed E-state index contributed by atoms with van der Waals surface area (Å²) in [6, 6.07) is 5.99. The molecule has 2 aromatic heterocycles. The maximum Gasteiger partial charge on any atom is 0.191 e. The molecule has 6 nitrogen and oxygen atoms in total. The van der Waals surface area contributed by atoms with Gasteiger partial charge in [0.1, 0.15) is 5.76 Å². The van der Waals surface area contributed by atoms with E-state index >= 15 is 0 Å². The van der Waals surface area contributed by atoms with Gasteiger partial charge >= 0.3 is 0 Å². The van der Waals surface area contributed by atoms with E-state index in [0.29, 0.717) is 5.92 Å². The van der Waals surface area contributed by atoms with Crippen LogP contribution >= 0.6 is 24.0 Å². The minimum atomic E-state index is 0. The van der Waals surface area contributed by atoms with Crippen LogP contribution < -0.4 is 10.6 Å². The second kappa shape index (κ2) is 10.4. The lowest BCUT2D eigenvalue weighted by Gasteiger charge is -2.16. The fourth-order valence-corrected chi connectivity index (χ4v) is 2.47. The Labute approximate surface area is 161 Å². The highest BCUT2D eigenvalue weighted by Gasteiger charge is 2.08. The largest absolute Gasteiger partial charge is 0.469 e. The Morgan fingerprint density at radius 3 is 2.75 bits per heavy atom. The van der Waals surface area contributed by atoms with E-state index in [9.17, 15) is 0 Å². The molecule has 2 aromatic rings. The first-order valence-electron chi connectivity index (χ1n) is 8.06. The first-order valence-corrected chi connectivity index (χ1v) is 8.06. The van der Waals surface area contributed by atoms with E-state index in [2.05, 4.69) is 45.3 Å². The zero-order valence-electron chi connectivity index (χ0n) is 14.9. The lowest BCUT2D eigenvalue weighted by molar-refractivity contribution is 0.435. The Balaban J connectivity index is 0.00000288. The van der Waals surface area contributed by atoms with Crippen LogP contribution in [0.4, 0.5) is 0 Å². The summed E-state index contributed by atoms with van der Waals surface area (Å²) in [5, 5.41) is 11.2. The fourth-order valence-electron chi connectivity index (χ4n) is 2.47. The Kier molecular flexibility index (Phi) is 8.88. The molecule has 134 valence electrons. The van der Waals surface area contributed by atoms with Gasteiger partial charge in [0.05, 0.1) is 12.0 Å². The number of nitrogens with zero attached hydrogens (tertiary/aromatic N) is 3. The lowest BCUT2D eigenvalue weighted by Crippen LogP contribution is -2.40. The minimum Gasteiger partial charge on any atom is -0.469 e. The number of nitrogens with one attached hydrogen (secondary N) is 2. The average Bonchev–Trinajstić information content (AvgIpc) is 3.13. The first-order chi connectivity index (χ1) is 11.1. The number of aromatic nitrogens is 2. The zero-order valence-corrected chi connectivity index (χ0v) is 17.2. The van der Waals surface area contributed by atoms with E-state index in [4.69, 9.17) is 4.42 Å². The van der Waals surface area contributed by atoms with E-state index in [0.717, 1.165) is 43.5 Å². The summed E-state index contributed by atoms with van der Waals surface area (Å²) in [6.45, 7) is 8.86. The van der Waals surface area contributed by atoms with Crippen molar-refractivity contribution >= 4 is 29.9 Å². The van der Waals surface area contributed by atoms with Crippen LogP contribution in [0.2, 0.25) is 0 Å². The van der Waals surface area contributed by atoms with Crippen molar-refractivity contribution in [2.75, 3.05) is 20.1 Å². The second-order valence-electron chi connectivity index (χ2n) is 5.92. The Morgan fingerprint density at radius 2 is 2.17 bits per heavy atom. The van der Waals surface area contributed by atoms with Gasteiger partial charge in [0.15, 0.2) is 5.96 Å². The molecule has 2 rings (SSSR count). The van der Waals surface area contributed by atoms with Crippen LogP contribution in [0.5, 0.6) is 0 Å². The molecule has 0 spiro atoms. The highest BCUT2D eigenvalue weighted by Crippen LogP contribution is 2.05. The standard InChI is InChI=1S/C17H27N5O.HI/c1-13(12-22-15(3)10-14(2)21-22)11-20-17(18-4)19-8-7-16-6-5-9-23-16;/h5-6,9-10,13H,7-8,11-12H2,1-4H3,(H2,18,19,20);1H. The molecule has 0 amide bonds. The molecule has 1 atom stereocenters. The summed E-state index contributed by atoms with van der Waals surface area (Å²) < 4.78 is 7.38. The van der Waals surface area contributed by atoms with Gasteiger partial charge in [-0.15, -0.1) is 24.0 Å². The van der Waals surface area contributed by atoms with Gasteiger partial charge in [-0.3, -0.25) is 9.67 Å². The molecule has 0 aliphatic heterocycles. The third-order valence-corrected chi connectivity index (χ3v) is 3.67. The van der Waals surface area contributed by atoms with Crippen LogP contribution in [0.1, 0.15) is 24.1 Å². The number of hydrogen-bond acceptors (Lipinski definition) is 3. The van der Waals surface area contributed by atoms with E-state index in [-0.39, 0.29) is 24.0 Å². The number of halogens is 1. The Hall–Kier alpha value is -1.51. The quantitative estimate of drug-likeness (QED) is 0.391. The smallest absolute Gasteiger partial charge is 0.191 e. The van der Waals surface area contributed by atoms with E-state index < -0.39 is 0 Å². The summed E-state index contributed by atoms with van der Waals surface area (Å²) >= 11 is 0. The second-order valence-corrected chi connectivity index (χ2v) is 5.92. The summed E-state index contributed by atoms with van der Waals surface area (Å²) in [4.78, 5) is 4.25. The van der Waals surface area contributed by atoms with Gasteiger partial charge in [-0.05, 0) is 38.0 Å². The van der Waals surface area contributed by atoms with Crippen molar-refractivity contribution in [2.24, 2.45) is 10.9 Å². The van der Waals surface area contributed by atoms with Crippen LogP contribution in [0, 0.1) is 19.8 Å². The molecular weight excluding hydrogens is 417 g/mol. The Bertz CT molecular complexity index is 621. The SMILES string of the molecule is CN=C(NCCc1ccco1)NCC(C)Cn1nc(C)cc1C.I. The van der Waals surface area contributed by atoms with Crippen molar-refractivity contribution in [2.45, 2.75) is 33.7 Å². The number of aryl methyl sites for hydroxylation is 2. The maximum atomic E-state index is 5.32. The van der Waals surface area contributed by atoms with Crippen molar-refractivity contribution < 1.29 is 4.42 Å². The topological polar surface area (TPSA) is 67.4 Å². The van der Waals surface area contributed by atoms with Crippen LogP contribution in [-0.2, 0) is 13.0 Å². The van der Waals surface area contributed by atoms with Crippen molar-refractivity contribution in [1.29, 1.82) is 0 Å². The minimum absolute atomic E-state index is 0. The van der Waals surface area contributed by atoms with Crippen molar-refractivity contribution in [1.82, 2.24) is 20.4 Å². The molecular formula is C17H28IN5O. The van der Waals surface area contributed by atoms with E-state index in [1.807, 2.05) is 19.1 Å². The number of guanidine groups is 1. The van der Waals surface area contributed by atoms with Gasteiger partial charge in [-0.1, -0.05) is 6.92 Å². The first kappa shape index (κ1) is 20.5. The van der Waals surface area contributed by atoms with Crippen molar-refractivity contribution in [3.8, 4) is 0 Å². The zero-order chi connectivity index (χ0) is 16.7. The van der Waals surface area contributed by atoms with Crippen LogP contribution in [0.15, 0.2) is 33.9 Å². The highest BCUT2D eigenvalue weighted by atomic mass is 127. The van der Waals surface area contributed by atoms with Gasteiger partial charge in [0.25, 0.3) is 0 Å². The van der Waals surface area contributed by atoms with Gasteiger partial charge in [0.2, 0.25) is 0 Å². The number of hydrogen-bond donors (Lipinski definition) is 2. The molecule has 0 aromatic carbocycles. The summed E-state index contributed by atoms with van der Waals surface area (Å²) in [7, 11) is 1.79. The third kappa shape index (κ3) is 6.54. The molecule has 0 fully saturated rings. The highest BCUT2D eigenvalue weighted by molar-refractivity contribution is 14.0. The average molecular weight is 445 g/mol. The van der Waals surface area contributed by atoms with Crippen molar-refractivity contribution in [3.05, 3.63) is 41.6 Å². The molecule has 0 aliphatic carbocycles. The molecule has 0 saturated heterocycles. The fraction of sp³-hybridized carbons (Fsp3) is 0.529. The molecule has 0 radical (unpaired) electrons. The van der Waals surface area contributed by atoms with Crippen molar-refractivity contribution in [3.63, 3.8) is 0 Å². The van der Waals surface area contributed by atoms with Gasteiger partial charge in [-0.25, -0.2) is 0 Å². The molecule has 1 unspecified atom stereocenters. The molecule has 2 N–H and O–H groups in total. The predicted octanol–water partition coefficient (Wildman–Crippen LogP) is 2.75. The summed E-state index contributed by atoms with van der Waals surface area (Å²) in [5.74, 6) is 2.25.